The maximum atomic E-state index is 5.83. The molecule has 2 heterocycles. The Morgan fingerprint density at radius 2 is 2.24 bits per heavy atom. The normalized spacial score (nSPS) is 20.9. The van der Waals surface area contributed by atoms with Gasteiger partial charge in [0.05, 0.1) is 11.6 Å². The number of hydrogen-bond acceptors (Lipinski definition) is 2. The van der Waals surface area contributed by atoms with Crippen LogP contribution in [0.25, 0.3) is 0 Å². The molecule has 1 saturated heterocycles. The Labute approximate surface area is 109 Å². The highest BCUT2D eigenvalue weighted by atomic mass is 35.5. The molecule has 0 spiro atoms. The summed E-state index contributed by atoms with van der Waals surface area (Å²) in [6.45, 7) is 9.29. The smallest absolute Gasteiger partial charge is 0.0648 e. The van der Waals surface area contributed by atoms with Crippen LogP contribution in [0.4, 0.5) is 5.69 Å². The molecule has 2 nitrogen and oxygen atoms in total. The fourth-order valence-corrected chi connectivity index (χ4v) is 2.58. The molecule has 3 heteroatoms. The van der Waals surface area contributed by atoms with Crippen molar-refractivity contribution in [3.05, 3.63) is 24.0 Å². The number of aromatic nitrogens is 1. The molecule has 1 atom stereocenters. The minimum Gasteiger partial charge on any atom is -0.371 e. The number of alkyl halides is 1. The number of rotatable bonds is 2. The lowest BCUT2D eigenvalue weighted by atomic mass is 9.80. The van der Waals surface area contributed by atoms with Crippen molar-refractivity contribution in [3.8, 4) is 0 Å². The highest BCUT2D eigenvalue weighted by molar-refractivity contribution is 6.16. The molecule has 1 aliphatic heterocycles. The van der Waals surface area contributed by atoms with Gasteiger partial charge in [0.25, 0.3) is 0 Å². The number of anilines is 1. The SMILES string of the molecule is CC(C)(C)C1CCN(c2ccnc(CCl)c2)C1. The van der Waals surface area contributed by atoms with E-state index in [4.69, 9.17) is 11.6 Å². The van der Waals surface area contributed by atoms with Gasteiger partial charge in [0.1, 0.15) is 0 Å². The monoisotopic (exact) mass is 252 g/mol. The van der Waals surface area contributed by atoms with Crippen LogP contribution in [0.2, 0.25) is 0 Å². The van der Waals surface area contributed by atoms with Crippen molar-refractivity contribution in [1.29, 1.82) is 0 Å². The highest BCUT2D eigenvalue weighted by Gasteiger charge is 2.31. The Hall–Kier alpha value is -0.760. The van der Waals surface area contributed by atoms with E-state index < -0.39 is 0 Å². The van der Waals surface area contributed by atoms with Crippen LogP contribution in [-0.4, -0.2) is 18.1 Å². The molecule has 0 aromatic carbocycles. The summed E-state index contributed by atoms with van der Waals surface area (Å²) in [6, 6.07) is 4.19. The summed E-state index contributed by atoms with van der Waals surface area (Å²) in [5, 5.41) is 0. The minimum atomic E-state index is 0.400. The van der Waals surface area contributed by atoms with Crippen molar-refractivity contribution < 1.29 is 0 Å². The summed E-state index contributed by atoms with van der Waals surface area (Å²) in [5.74, 6) is 1.26. The maximum Gasteiger partial charge on any atom is 0.0648 e. The summed E-state index contributed by atoms with van der Waals surface area (Å²) in [6.07, 6.45) is 3.14. The lowest BCUT2D eigenvalue weighted by Gasteiger charge is -2.27. The molecule has 0 bridgehead atoms. The molecule has 0 aliphatic carbocycles. The largest absolute Gasteiger partial charge is 0.371 e. The third-order valence-corrected chi connectivity index (χ3v) is 3.99. The molecule has 94 valence electrons. The molecule has 0 amide bonds. The van der Waals surface area contributed by atoms with Crippen molar-refractivity contribution in [2.24, 2.45) is 11.3 Å². The van der Waals surface area contributed by atoms with Crippen LogP contribution >= 0.6 is 11.6 Å². The summed E-state index contributed by atoms with van der Waals surface area (Å²) in [5.41, 5.74) is 2.63. The Bertz CT molecular complexity index is 384. The number of nitrogens with zero attached hydrogens (tertiary/aromatic N) is 2. The molecule has 1 fully saturated rings. The van der Waals surface area contributed by atoms with E-state index in [1.165, 1.54) is 12.1 Å². The number of pyridine rings is 1. The molecule has 1 unspecified atom stereocenters. The molecular weight excluding hydrogens is 232 g/mol. The maximum absolute atomic E-state index is 5.83. The minimum absolute atomic E-state index is 0.400. The topological polar surface area (TPSA) is 16.1 Å². The van der Waals surface area contributed by atoms with Gasteiger partial charge < -0.3 is 4.90 Å². The van der Waals surface area contributed by atoms with Gasteiger partial charge in [0.15, 0.2) is 0 Å². The second-order valence-corrected chi connectivity index (χ2v) is 6.20. The first-order valence-corrected chi connectivity index (χ1v) is 6.80. The van der Waals surface area contributed by atoms with Crippen LogP contribution in [0.1, 0.15) is 32.9 Å². The summed E-state index contributed by atoms with van der Waals surface area (Å²) in [7, 11) is 0. The van der Waals surface area contributed by atoms with Gasteiger partial charge in [-0.3, -0.25) is 4.98 Å². The van der Waals surface area contributed by atoms with E-state index in [1.807, 2.05) is 6.20 Å². The van der Waals surface area contributed by atoms with Crippen molar-refractivity contribution in [3.63, 3.8) is 0 Å². The standard InChI is InChI=1S/C14H21ClN2/c1-14(2,3)11-5-7-17(10-11)13-4-6-16-12(8-13)9-15/h4,6,8,11H,5,7,9-10H2,1-3H3. The molecule has 0 saturated carbocycles. The second-order valence-electron chi connectivity index (χ2n) is 5.94. The van der Waals surface area contributed by atoms with E-state index in [1.54, 1.807) is 0 Å². The fraction of sp³-hybridized carbons (Fsp3) is 0.643. The van der Waals surface area contributed by atoms with Crippen molar-refractivity contribution >= 4 is 17.3 Å². The lowest BCUT2D eigenvalue weighted by Crippen LogP contribution is -2.25. The summed E-state index contributed by atoms with van der Waals surface area (Å²) in [4.78, 5) is 6.69. The van der Waals surface area contributed by atoms with E-state index in [0.717, 1.165) is 24.7 Å². The summed E-state index contributed by atoms with van der Waals surface area (Å²) >= 11 is 5.83. The molecule has 0 radical (unpaired) electrons. The second kappa shape index (κ2) is 4.85. The Balaban J connectivity index is 2.09. The van der Waals surface area contributed by atoms with Crippen molar-refractivity contribution in [2.75, 3.05) is 18.0 Å². The predicted octanol–water partition coefficient (Wildman–Crippen LogP) is 3.69. The molecule has 1 aromatic heterocycles. The lowest BCUT2D eigenvalue weighted by molar-refractivity contribution is 0.263. The average Bonchev–Trinajstić information content (AvgIpc) is 2.78. The van der Waals surface area contributed by atoms with E-state index in [9.17, 15) is 0 Å². The van der Waals surface area contributed by atoms with Crippen molar-refractivity contribution in [2.45, 2.75) is 33.1 Å². The fourth-order valence-electron chi connectivity index (χ4n) is 2.44. The van der Waals surface area contributed by atoms with Crippen LogP contribution < -0.4 is 4.90 Å². The van der Waals surface area contributed by atoms with E-state index in [-0.39, 0.29) is 0 Å². The number of halogens is 1. The van der Waals surface area contributed by atoms with Crippen molar-refractivity contribution in [1.82, 2.24) is 4.98 Å². The third-order valence-electron chi connectivity index (χ3n) is 3.72. The van der Waals surface area contributed by atoms with Crippen LogP contribution in [0.5, 0.6) is 0 Å². The highest BCUT2D eigenvalue weighted by Crippen LogP contribution is 2.35. The Morgan fingerprint density at radius 3 is 2.82 bits per heavy atom. The molecule has 17 heavy (non-hydrogen) atoms. The van der Waals surface area contributed by atoms with Gasteiger partial charge >= 0.3 is 0 Å². The number of hydrogen-bond donors (Lipinski definition) is 0. The van der Waals surface area contributed by atoms with Gasteiger partial charge in [-0.25, -0.2) is 0 Å². The van der Waals surface area contributed by atoms with E-state index in [0.29, 0.717) is 11.3 Å². The first-order chi connectivity index (χ1) is 8.00. The Kier molecular flexibility index (Phi) is 3.62. The van der Waals surface area contributed by atoms with E-state index in [2.05, 4.69) is 42.8 Å². The first-order valence-electron chi connectivity index (χ1n) is 6.26. The first kappa shape index (κ1) is 12.7. The molecule has 2 rings (SSSR count). The van der Waals surface area contributed by atoms with Crippen LogP contribution in [0, 0.1) is 11.3 Å². The molecule has 1 aromatic rings. The average molecular weight is 253 g/mol. The van der Waals surface area contributed by atoms with Gasteiger partial charge in [0, 0.05) is 25.0 Å². The van der Waals surface area contributed by atoms with Gasteiger partial charge in [-0.05, 0) is 29.9 Å². The van der Waals surface area contributed by atoms with E-state index >= 15 is 0 Å². The predicted molar refractivity (Wildman–Crippen MR) is 73.6 cm³/mol. The zero-order valence-electron chi connectivity index (χ0n) is 10.9. The van der Waals surface area contributed by atoms with Crippen LogP contribution in [0.15, 0.2) is 18.3 Å². The zero-order valence-corrected chi connectivity index (χ0v) is 11.7. The summed E-state index contributed by atoms with van der Waals surface area (Å²) < 4.78 is 0. The van der Waals surface area contributed by atoms with Crippen LogP contribution in [0.3, 0.4) is 0 Å². The van der Waals surface area contributed by atoms with Gasteiger partial charge in [-0.15, -0.1) is 11.6 Å². The molecular formula is C14H21ClN2. The third kappa shape index (κ3) is 2.92. The zero-order chi connectivity index (χ0) is 12.5. The Morgan fingerprint density at radius 1 is 1.47 bits per heavy atom. The quantitative estimate of drug-likeness (QED) is 0.747. The van der Waals surface area contributed by atoms with Gasteiger partial charge in [-0.1, -0.05) is 20.8 Å². The van der Waals surface area contributed by atoms with Crippen LogP contribution in [-0.2, 0) is 5.88 Å². The molecule has 0 N–H and O–H groups in total. The van der Waals surface area contributed by atoms with Gasteiger partial charge in [0.2, 0.25) is 0 Å². The molecule has 1 aliphatic rings. The van der Waals surface area contributed by atoms with Gasteiger partial charge in [-0.2, -0.15) is 0 Å².